The summed E-state index contributed by atoms with van der Waals surface area (Å²) in [5.74, 6) is -0.509. The predicted molar refractivity (Wildman–Crippen MR) is 148 cm³/mol. The summed E-state index contributed by atoms with van der Waals surface area (Å²) in [6, 6.07) is 10.8. The molecule has 0 radical (unpaired) electrons. The van der Waals surface area contributed by atoms with Crippen molar-refractivity contribution in [2.75, 3.05) is 82.8 Å². The zero-order valence-corrected chi connectivity index (χ0v) is 23.7. The van der Waals surface area contributed by atoms with E-state index in [0.717, 1.165) is 44.7 Å². The molecule has 1 N–H and O–H groups in total. The molecule has 3 aliphatic heterocycles. The predicted octanol–water partition coefficient (Wildman–Crippen LogP) is 1.50. The minimum atomic E-state index is -3.79. The van der Waals surface area contributed by atoms with Gasteiger partial charge in [0.15, 0.2) is 0 Å². The molecule has 0 spiro atoms. The molecule has 5 rings (SSSR count). The van der Waals surface area contributed by atoms with Crippen LogP contribution in [0.3, 0.4) is 0 Å². The summed E-state index contributed by atoms with van der Waals surface area (Å²) in [6.45, 7) is 5.24. The summed E-state index contributed by atoms with van der Waals surface area (Å²) in [4.78, 5) is 17.9. The van der Waals surface area contributed by atoms with Crippen molar-refractivity contribution in [1.82, 2.24) is 13.5 Å². The van der Waals surface area contributed by atoms with E-state index in [1.54, 1.807) is 24.3 Å². The lowest BCUT2D eigenvalue weighted by molar-refractivity contribution is 0.0730. The van der Waals surface area contributed by atoms with E-state index in [-0.39, 0.29) is 28.4 Å². The Bertz CT molecular complexity index is 1410. The standard InChI is InChI=1S/C26H35N5O6S2/c1-28-11-13-29(14-12-28)25-8-7-23(39(35,36)31-15-17-37-18-16-31)20-24(25)27-26(32)21-5-4-6-22(19-21)38(33,34)30-9-2-3-10-30/h4-8,19-20H,2-3,9-18H2,1H3,(H,27,32). The molecule has 0 aliphatic carbocycles. The number of amides is 1. The maximum Gasteiger partial charge on any atom is 0.255 e. The zero-order valence-electron chi connectivity index (χ0n) is 22.1. The van der Waals surface area contributed by atoms with Gasteiger partial charge in [0, 0.05) is 57.9 Å². The second kappa shape index (κ2) is 11.5. The Morgan fingerprint density at radius 2 is 1.38 bits per heavy atom. The lowest BCUT2D eigenvalue weighted by Crippen LogP contribution is -2.44. The second-order valence-electron chi connectivity index (χ2n) is 10.1. The molecule has 13 heteroatoms. The number of piperazine rings is 1. The molecule has 3 heterocycles. The van der Waals surface area contributed by atoms with Gasteiger partial charge in [0.05, 0.1) is 34.4 Å². The van der Waals surface area contributed by atoms with Crippen LogP contribution in [-0.2, 0) is 24.8 Å². The molecule has 0 bridgehead atoms. The number of nitrogens with zero attached hydrogens (tertiary/aromatic N) is 4. The van der Waals surface area contributed by atoms with Crippen LogP contribution in [0.4, 0.5) is 11.4 Å². The molecule has 1 amide bonds. The molecule has 0 unspecified atom stereocenters. The average molecular weight is 578 g/mol. The van der Waals surface area contributed by atoms with Crippen molar-refractivity contribution in [3.63, 3.8) is 0 Å². The summed E-state index contributed by atoms with van der Waals surface area (Å²) in [6.07, 6.45) is 1.64. The smallest absolute Gasteiger partial charge is 0.255 e. The van der Waals surface area contributed by atoms with Gasteiger partial charge in [0.25, 0.3) is 5.91 Å². The molecule has 0 atom stereocenters. The third-order valence-corrected chi connectivity index (χ3v) is 11.3. The maximum absolute atomic E-state index is 13.4. The Morgan fingerprint density at radius 3 is 2.05 bits per heavy atom. The third-order valence-electron chi connectivity index (χ3n) is 7.47. The fourth-order valence-corrected chi connectivity index (χ4v) is 8.10. The fraction of sp³-hybridized carbons (Fsp3) is 0.500. The average Bonchev–Trinajstić information content (AvgIpc) is 3.50. The molecular weight excluding hydrogens is 542 g/mol. The number of anilines is 2. The van der Waals surface area contributed by atoms with Crippen LogP contribution in [0.25, 0.3) is 0 Å². The number of carbonyl (C=O) groups is 1. The first-order chi connectivity index (χ1) is 18.7. The first-order valence-corrected chi connectivity index (χ1v) is 16.1. The van der Waals surface area contributed by atoms with Crippen molar-refractivity contribution in [2.24, 2.45) is 0 Å². The number of carbonyl (C=O) groups excluding carboxylic acids is 1. The lowest BCUT2D eigenvalue weighted by atomic mass is 10.1. The quantitative estimate of drug-likeness (QED) is 0.526. The van der Waals surface area contributed by atoms with E-state index in [2.05, 4.69) is 15.1 Å². The number of likely N-dealkylation sites (N-methyl/N-ethyl adjacent to an activating group) is 1. The topological polar surface area (TPSA) is 120 Å². The summed E-state index contributed by atoms with van der Waals surface area (Å²) in [5.41, 5.74) is 1.27. The van der Waals surface area contributed by atoms with Crippen LogP contribution in [-0.4, -0.2) is 109 Å². The number of rotatable bonds is 7. The highest BCUT2D eigenvalue weighted by molar-refractivity contribution is 7.89. The summed E-state index contributed by atoms with van der Waals surface area (Å²) in [5, 5.41) is 2.89. The van der Waals surface area contributed by atoms with E-state index in [1.807, 2.05) is 7.05 Å². The van der Waals surface area contributed by atoms with Gasteiger partial charge in [0.1, 0.15) is 0 Å². The van der Waals surface area contributed by atoms with Crippen LogP contribution >= 0.6 is 0 Å². The Hall–Kier alpha value is -2.55. The molecule has 2 aromatic rings. The van der Waals surface area contributed by atoms with Gasteiger partial charge >= 0.3 is 0 Å². The van der Waals surface area contributed by atoms with Crippen molar-refractivity contribution < 1.29 is 26.4 Å². The van der Waals surface area contributed by atoms with Gasteiger partial charge in [0.2, 0.25) is 20.0 Å². The monoisotopic (exact) mass is 577 g/mol. The van der Waals surface area contributed by atoms with E-state index < -0.39 is 26.0 Å². The lowest BCUT2D eigenvalue weighted by Gasteiger charge is -2.35. The van der Waals surface area contributed by atoms with Gasteiger partial charge in [-0.2, -0.15) is 8.61 Å². The Morgan fingerprint density at radius 1 is 0.769 bits per heavy atom. The summed E-state index contributed by atoms with van der Waals surface area (Å²) >= 11 is 0. The number of hydrogen-bond donors (Lipinski definition) is 1. The highest BCUT2D eigenvalue weighted by atomic mass is 32.2. The number of morpholine rings is 1. The van der Waals surface area contributed by atoms with Crippen LogP contribution in [0.1, 0.15) is 23.2 Å². The van der Waals surface area contributed by atoms with Gasteiger partial charge in [-0.3, -0.25) is 4.79 Å². The highest BCUT2D eigenvalue weighted by Crippen LogP contribution is 2.32. The molecule has 3 fully saturated rings. The second-order valence-corrected chi connectivity index (χ2v) is 14.0. The maximum atomic E-state index is 13.4. The van der Waals surface area contributed by atoms with E-state index in [9.17, 15) is 21.6 Å². The van der Waals surface area contributed by atoms with Gasteiger partial charge in [-0.15, -0.1) is 0 Å². The Kier molecular flexibility index (Phi) is 8.26. The fourth-order valence-electron chi connectivity index (χ4n) is 5.10. The van der Waals surface area contributed by atoms with E-state index >= 15 is 0 Å². The van der Waals surface area contributed by atoms with Gasteiger partial charge in [-0.25, -0.2) is 16.8 Å². The summed E-state index contributed by atoms with van der Waals surface area (Å²) < 4.78 is 61.0. The molecule has 3 saturated heterocycles. The van der Waals surface area contributed by atoms with Crippen molar-refractivity contribution in [1.29, 1.82) is 0 Å². The molecule has 2 aromatic carbocycles. The van der Waals surface area contributed by atoms with E-state index in [1.165, 1.54) is 26.8 Å². The van der Waals surface area contributed by atoms with Gasteiger partial charge < -0.3 is 19.9 Å². The van der Waals surface area contributed by atoms with E-state index in [0.29, 0.717) is 32.0 Å². The normalized spacial score (nSPS) is 20.3. The van der Waals surface area contributed by atoms with Crippen molar-refractivity contribution in [3.05, 3.63) is 48.0 Å². The van der Waals surface area contributed by atoms with E-state index in [4.69, 9.17) is 4.74 Å². The number of ether oxygens (including phenoxy) is 1. The molecule has 0 aromatic heterocycles. The molecular formula is C26H35N5O6S2. The van der Waals surface area contributed by atoms with Gasteiger partial charge in [-0.1, -0.05) is 6.07 Å². The minimum absolute atomic E-state index is 0.0694. The molecule has 212 valence electrons. The minimum Gasteiger partial charge on any atom is -0.379 e. The van der Waals surface area contributed by atoms with Crippen molar-refractivity contribution >= 4 is 37.3 Å². The number of hydrogen-bond acceptors (Lipinski definition) is 8. The van der Waals surface area contributed by atoms with Crippen LogP contribution in [0.2, 0.25) is 0 Å². The SMILES string of the molecule is CN1CCN(c2ccc(S(=O)(=O)N3CCOCC3)cc2NC(=O)c2cccc(S(=O)(=O)N3CCCC3)c2)CC1. The van der Waals surface area contributed by atoms with Crippen LogP contribution in [0.5, 0.6) is 0 Å². The van der Waals surface area contributed by atoms with Crippen LogP contribution in [0.15, 0.2) is 52.3 Å². The largest absolute Gasteiger partial charge is 0.379 e. The van der Waals surface area contributed by atoms with Crippen molar-refractivity contribution in [3.8, 4) is 0 Å². The molecule has 39 heavy (non-hydrogen) atoms. The Balaban J connectivity index is 1.46. The molecule has 3 aliphatic rings. The highest BCUT2D eigenvalue weighted by Gasteiger charge is 2.30. The molecule has 0 saturated carbocycles. The Labute approximate surface area is 230 Å². The number of sulfonamides is 2. The zero-order chi connectivity index (χ0) is 27.6. The van der Waals surface area contributed by atoms with Gasteiger partial charge in [-0.05, 0) is 56.3 Å². The first kappa shape index (κ1) is 28.0. The molecule has 11 nitrogen and oxygen atoms in total. The summed E-state index contributed by atoms with van der Waals surface area (Å²) in [7, 11) is -5.43. The number of nitrogens with one attached hydrogen (secondary N) is 1. The van der Waals surface area contributed by atoms with Crippen LogP contribution < -0.4 is 10.2 Å². The van der Waals surface area contributed by atoms with Crippen LogP contribution in [0, 0.1) is 0 Å². The third kappa shape index (κ3) is 5.98. The first-order valence-electron chi connectivity index (χ1n) is 13.2. The van der Waals surface area contributed by atoms with Crippen molar-refractivity contribution in [2.45, 2.75) is 22.6 Å². The number of benzene rings is 2.